The quantitative estimate of drug-likeness (QED) is 0.240. The van der Waals surface area contributed by atoms with Crippen LogP contribution in [0.5, 0.6) is 0 Å². The Balaban J connectivity index is 1.33. The van der Waals surface area contributed by atoms with E-state index in [1.165, 1.54) is 23.5 Å². The second-order valence-corrected chi connectivity index (χ2v) is 11.2. The number of fused-ring (bicyclic) bond motifs is 2. The molecule has 9 heteroatoms. The smallest absolute Gasteiger partial charge is 0.384 e. The van der Waals surface area contributed by atoms with Gasteiger partial charge in [0.05, 0.1) is 21.8 Å². The number of rotatable bonds is 7. The van der Waals surface area contributed by atoms with Gasteiger partial charge in [-0.25, -0.2) is 9.37 Å². The van der Waals surface area contributed by atoms with E-state index in [2.05, 4.69) is 16.9 Å². The Bertz CT molecular complexity index is 1520. The van der Waals surface area contributed by atoms with Gasteiger partial charge in [0.2, 0.25) is 0 Å². The Morgan fingerprint density at radius 1 is 1.08 bits per heavy atom. The summed E-state index contributed by atoms with van der Waals surface area (Å²) < 4.78 is 56.5. The number of nitrogens with zero attached hydrogens (tertiary/aromatic N) is 2. The molecule has 2 aliphatic rings. The fraction of sp³-hybridized carbons (Fsp3) is 0.310. The van der Waals surface area contributed by atoms with Gasteiger partial charge >= 0.3 is 6.18 Å². The van der Waals surface area contributed by atoms with Gasteiger partial charge in [-0.1, -0.05) is 24.0 Å². The van der Waals surface area contributed by atoms with Gasteiger partial charge in [-0.05, 0) is 90.8 Å². The van der Waals surface area contributed by atoms with Crippen molar-refractivity contribution in [2.45, 2.75) is 43.7 Å². The minimum atomic E-state index is -4.33. The SMILES string of the molecule is C=C(NCC(c1cc2c(c(-c3ccc(F)cc3)n1)CCC2C(F)(F)F)C1CC1)c1ccc2nc(N)sc2c1. The molecule has 0 aliphatic heterocycles. The minimum absolute atomic E-state index is 0.00583. The molecule has 2 atom stereocenters. The molecule has 1 fully saturated rings. The van der Waals surface area contributed by atoms with E-state index >= 15 is 0 Å². The van der Waals surface area contributed by atoms with Gasteiger partial charge < -0.3 is 11.1 Å². The molecule has 196 valence electrons. The number of pyridine rings is 1. The van der Waals surface area contributed by atoms with Gasteiger partial charge in [-0.15, -0.1) is 0 Å². The molecule has 2 aromatic heterocycles. The number of hydrogen-bond acceptors (Lipinski definition) is 5. The first-order valence-corrected chi connectivity index (χ1v) is 13.4. The van der Waals surface area contributed by atoms with Crippen LogP contribution in [0.2, 0.25) is 0 Å². The van der Waals surface area contributed by atoms with E-state index in [1.807, 2.05) is 18.2 Å². The normalized spacial score (nSPS) is 17.9. The van der Waals surface area contributed by atoms with E-state index in [0.29, 0.717) is 52.1 Å². The molecule has 6 rings (SSSR count). The Kier molecular flexibility index (Phi) is 6.13. The first kappa shape index (κ1) is 24.9. The average Bonchev–Trinajstić information content (AvgIpc) is 3.49. The third-order valence-corrected chi connectivity index (χ3v) is 8.46. The van der Waals surface area contributed by atoms with Crippen molar-refractivity contribution in [1.82, 2.24) is 15.3 Å². The summed E-state index contributed by atoms with van der Waals surface area (Å²) in [7, 11) is 0. The molecule has 2 aromatic carbocycles. The van der Waals surface area contributed by atoms with Gasteiger partial charge in [0, 0.05) is 29.4 Å². The molecule has 2 heterocycles. The summed E-state index contributed by atoms with van der Waals surface area (Å²) in [4.78, 5) is 9.22. The van der Waals surface area contributed by atoms with E-state index in [0.717, 1.165) is 34.3 Å². The van der Waals surface area contributed by atoms with Crippen LogP contribution in [0.3, 0.4) is 0 Å². The molecule has 3 N–H and O–H groups in total. The van der Waals surface area contributed by atoms with Crippen molar-refractivity contribution in [3.05, 3.63) is 83.3 Å². The lowest BCUT2D eigenvalue weighted by Crippen LogP contribution is -2.23. The molecule has 4 aromatic rings. The molecule has 0 bridgehead atoms. The molecule has 4 nitrogen and oxygen atoms in total. The zero-order chi connectivity index (χ0) is 26.6. The van der Waals surface area contributed by atoms with Crippen LogP contribution in [-0.4, -0.2) is 22.7 Å². The lowest BCUT2D eigenvalue weighted by Gasteiger charge is -2.23. The maximum Gasteiger partial charge on any atom is 0.395 e. The van der Waals surface area contributed by atoms with Gasteiger partial charge in [-0.3, -0.25) is 4.98 Å². The number of nitrogens with one attached hydrogen (secondary N) is 1. The Labute approximate surface area is 221 Å². The summed E-state index contributed by atoms with van der Waals surface area (Å²) in [5.74, 6) is -1.66. The summed E-state index contributed by atoms with van der Waals surface area (Å²) in [6.07, 6.45) is -2.03. The fourth-order valence-corrected chi connectivity index (χ4v) is 6.26. The van der Waals surface area contributed by atoms with E-state index in [-0.39, 0.29) is 12.3 Å². The molecule has 0 spiro atoms. The van der Waals surface area contributed by atoms with Gasteiger partial charge in [0.15, 0.2) is 5.13 Å². The zero-order valence-corrected chi connectivity index (χ0v) is 21.3. The van der Waals surface area contributed by atoms with Crippen molar-refractivity contribution < 1.29 is 17.6 Å². The molecular weight excluding hydrogens is 512 g/mol. The van der Waals surface area contributed by atoms with Crippen LogP contribution in [0, 0.1) is 11.7 Å². The summed E-state index contributed by atoms with van der Waals surface area (Å²) in [5.41, 5.74) is 11.0. The highest BCUT2D eigenvalue weighted by Gasteiger charge is 2.46. The topological polar surface area (TPSA) is 63.8 Å². The number of thiazole rings is 1. The van der Waals surface area contributed by atoms with Gasteiger partial charge in [-0.2, -0.15) is 13.2 Å². The van der Waals surface area contributed by atoms with E-state index in [1.54, 1.807) is 18.2 Å². The van der Waals surface area contributed by atoms with Crippen molar-refractivity contribution in [2.75, 3.05) is 12.3 Å². The Morgan fingerprint density at radius 3 is 2.55 bits per heavy atom. The van der Waals surface area contributed by atoms with Crippen molar-refractivity contribution in [1.29, 1.82) is 0 Å². The van der Waals surface area contributed by atoms with Crippen LogP contribution >= 0.6 is 11.3 Å². The molecule has 1 saturated carbocycles. The van der Waals surface area contributed by atoms with Crippen LogP contribution in [0.4, 0.5) is 22.7 Å². The monoisotopic (exact) mass is 538 g/mol. The lowest BCUT2D eigenvalue weighted by atomic mass is 9.92. The summed E-state index contributed by atoms with van der Waals surface area (Å²) in [6.45, 7) is 4.69. The number of benzene rings is 2. The zero-order valence-electron chi connectivity index (χ0n) is 20.5. The number of aromatic nitrogens is 2. The molecule has 0 saturated heterocycles. The number of alkyl halides is 3. The molecule has 2 unspecified atom stereocenters. The number of nitrogen functional groups attached to an aromatic ring is 1. The second-order valence-electron chi connectivity index (χ2n) is 10.1. The van der Waals surface area contributed by atoms with Crippen molar-refractivity contribution >= 4 is 32.4 Å². The molecule has 38 heavy (non-hydrogen) atoms. The van der Waals surface area contributed by atoms with Gasteiger partial charge in [0.1, 0.15) is 5.82 Å². The summed E-state index contributed by atoms with van der Waals surface area (Å²) in [6, 6.07) is 13.3. The van der Waals surface area contributed by atoms with Crippen LogP contribution in [0.1, 0.15) is 53.5 Å². The Morgan fingerprint density at radius 2 is 1.84 bits per heavy atom. The number of nitrogens with two attached hydrogens (primary N) is 1. The first-order chi connectivity index (χ1) is 18.2. The van der Waals surface area contributed by atoms with Gasteiger partial charge in [0.25, 0.3) is 0 Å². The van der Waals surface area contributed by atoms with Crippen LogP contribution in [0.25, 0.3) is 27.2 Å². The average molecular weight is 539 g/mol. The first-order valence-electron chi connectivity index (χ1n) is 12.6. The van der Waals surface area contributed by atoms with Crippen molar-refractivity contribution in [2.24, 2.45) is 5.92 Å². The largest absolute Gasteiger partial charge is 0.395 e. The summed E-state index contributed by atoms with van der Waals surface area (Å²) >= 11 is 1.41. The standard InChI is InChI=1S/C29H26F4N4S/c1-15(18-6-11-24-26(12-18)38-28(34)37-24)35-14-22(16-2-3-16)25-13-21-20(9-10-23(21)29(31,32)33)27(36-25)17-4-7-19(30)8-5-17/h4-8,11-13,16,22-23,35H,1-3,9-10,14H2,(H2,34,37). The van der Waals surface area contributed by atoms with E-state index < -0.39 is 17.9 Å². The molecule has 0 amide bonds. The predicted molar refractivity (Wildman–Crippen MR) is 143 cm³/mol. The van der Waals surface area contributed by atoms with Crippen molar-refractivity contribution in [3.63, 3.8) is 0 Å². The second kappa shape index (κ2) is 9.38. The third-order valence-electron chi connectivity index (χ3n) is 7.61. The Hall–Kier alpha value is -3.46. The number of anilines is 1. The maximum absolute atomic E-state index is 14.0. The highest BCUT2D eigenvalue weighted by Crippen LogP contribution is 2.49. The van der Waals surface area contributed by atoms with E-state index in [9.17, 15) is 17.6 Å². The van der Waals surface area contributed by atoms with E-state index in [4.69, 9.17) is 10.7 Å². The van der Waals surface area contributed by atoms with Crippen LogP contribution in [0.15, 0.2) is 55.1 Å². The minimum Gasteiger partial charge on any atom is -0.384 e. The predicted octanol–water partition coefficient (Wildman–Crippen LogP) is 7.43. The van der Waals surface area contributed by atoms with Crippen LogP contribution in [-0.2, 0) is 6.42 Å². The lowest BCUT2D eigenvalue weighted by molar-refractivity contribution is -0.149. The highest BCUT2D eigenvalue weighted by atomic mass is 32.1. The number of halogens is 4. The molecule has 2 aliphatic carbocycles. The fourth-order valence-electron chi connectivity index (χ4n) is 5.48. The van der Waals surface area contributed by atoms with Crippen LogP contribution < -0.4 is 11.1 Å². The molecular formula is C29H26F4N4S. The molecule has 0 radical (unpaired) electrons. The van der Waals surface area contributed by atoms with Crippen molar-refractivity contribution in [3.8, 4) is 11.3 Å². The third kappa shape index (κ3) is 4.75. The highest BCUT2D eigenvalue weighted by molar-refractivity contribution is 7.22. The number of hydrogen-bond donors (Lipinski definition) is 2. The maximum atomic E-state index is 14.0. The summed E-state index contributed by atoms with van der Waals surface area (Å²) in [5, 5.41) is 3.91.